The van der Waals surface area contributed by atoms with E-state index in [-0.39, 0.29) is 11.1 Å². The van der Waals surface area contributed by atoms with Crippen LogP contribution in [0.5, 0.6) is 0 Å². The Morgan fingerprint density at radius 2 is 1.47 bits per heavy atom. The van der Waals surface area contributed by atoms with Crippen molar-refractivity contribution in [3.05, 3.63) is 0 Å². The van der Waals surface area contributed by atoms with Crippen molar-refractivity contribution in [1.29, 1.82) is 0 Å². The highest BCUT2D eigenvalue weighted by Crippen LogP contribution is 2.51. The molecule has 1 N–H and O–H groups in total. The van der Waals surface area contributed by atoms with Gasteiger partial charge in [0.15, 0.2) is 0 Å². The predicted molar refractivity (Wildman–Crippen MR) is 72.0 cm³/mol. The van der Waals surface area contributed by atoms with E-state index in [1.807, 2.05) is 6.92 Å². The van der Waals surface area contributed by atoms with E-state index in [4.69, 9.17) is 0 Å². The second-order valence-electron chi connectivity index (χ2n) is 7.85. The molecule has 0 aromatic carbocycles. The summed E-state index contributed by atoms with van der Waals surface area (Å²) in [5, 5.41) is 10.3. The van der Waals surface area contributed by atoms with Gasteiger partial charge < -0.3 is 5.11 Å². The quantitative estimate of drug-likeness (QED) is 0.760. The summed E-state index contributed by atoms with van der Waals surface area (Å²) in [6, 6.07) is 0. The molecule has 1 saturated heterocycles. The second kappa shape index (κ2) is 3.71. The van der Waals surface area contributed by atoms with Crippen molar-refractivity contribution in [3.8, 4) is 0 Å². The Balaban J connectivity index is 2.17. The number of likely N-dealkylation sites (tertiary alicyclic amines) is 1. The molecule has 1 aliphatic heterocycles. The van der Waals surface area contributed by atoms with Gasteiger partial charge in [-0.05, 0) is 79.2 Å². The Morgan fingerprint density at radius 1 is 1.00 bits per heavy atom. The van der Waals surface area contributed by atoms with Gasteiger partial charge in [0, 0.05) is 11.1 Å². The van der Waals surface area contributed by atoms with Crippen LogP contribution in [0.4, 0.5) is 0 Å². The largest absolute Gasteiger partial charge is 0.390 e. The maximum absolute atomic E-state index is 10.3. The zero-order valence-electron chi connectivity index (χ0n) is 12.4. The van der Waals surface area contributed by atoms with Crippen LogP contribution in [-0.4, -0.2) is 33.7 Å². The molecule has 0 radical (unpaired) electrons. The molecule has 17 heavy (non-hydrogen) atoms. The number of piperidine rings is 1. The predicted octanol–water partition coefficient (Wildman–Crippen LogP) is 3.05. The lowest BCUT2D eigenvalue weighted by atomic mass is 9.58. The minimum absolute atomic E-state index is 0.248. The molecule has 1 aliphatic carbocycles. The molecule has 2 atom stereocenters. The van der Waals surface area contributed by atoms with E-state index >= 15 is 0 Å². The van der Waals surface area contributed by atoms with Crippen LogP contribution in [0.3, 0.4) is 0 Å². The van der Waals surface area contributed by atoms with Crippen LogP contribution >= 0.6 is 0 Å². The standard InChI is InChI=1S/C15H29NO/c1-13(2)9-11(10-14(3,4)16(13)6)12-7-8-15(12,5)17/h11-12,17H,7-10H2,1-6H3. The highest BCUT2D eigenvalue weighted by Gasteiger charge is 2.51. The molecule has 2 nitrogen and oxygen atoms in total. The second-order valence-corrected chi connectivity index (χ2v) is 7.85. The third-order valence-electron chi connectivity index (χ3n) is 5.67. The summed E-state index contributed by atoms with van der Waals surface area (Å²) in [6.45, 7) is 11.4. The van der Waals surface area contributed by atoms with Crippen molar-refractivity contribution in [2.75, 3.05) is 7.05 Å². The van der Waals surface area contributed by atoms with Gasteiger partial charge in [-0.3, -0.25) is 4.90 Å². The van der Waals surface area contributed by atoms with Crippen LogP contribution in [0.25, 0.3) is 0 Å². The van der Waals surface area contributed by atoms with E-state index in [2.05, 4.69) is 39.6 Å². The first-order valence-electron chi connectivity index (χ1n) is 7.03. The summed E-state index contributed by atoms with van der Waals surface area (Å²) in [6.07, 6.45) is 4.64. The van der Waals surface area contributed by atoms with Gasteiger partial charge in [0.1, 0.15) is 0 Å². The van der Waals surface area contributed by atoms with E-state index in [1.165, 1.54) is 19.3 Å². The molecular formula is C15H29NO. The number of hydrogen-bond acceptors (Lipinski definition) is 2. The number of aliphatic hydroxyl groups is 1. The first-order valence-corrected chi connectivity index (χ1v) is 7.03. The normalized spacial score (nSPS) is 42.2. The Kier molecular flexibility index (Phi) is 2.91. The van der Waals surface area contributed by atoms with Gasteiger partial charge in [-0.25, -0.2) is 0 Å². The fraction of sp³-hybridized carbons (Fsp3) is 1.00. The minimum Gasteiger partial charge on any atom is -0.390 e. The SMILES string of the molecule is CN1C(C)(C)CC(C2CCC2(C)O)CC1(C)C. The molecule has 0 spiro atoms. The molecule has 100 valence electrons. The van der Waals surface area contributed by atoms with E-state index < -0.39 is 5.60 Å². The van der Waals surface area contributed by atoms with Gasteiger partial charge in [0.05, 0.1) is 5.60 Å². The molecule has 0 aromatic heterocycles. The molecule has 1 saturated carbocycles. The zero-order chi connectivity index (χ0) is 13.1. The van der Waals surface area contributed by atoms with Crippen LogP contribution in [0, 0.1) is 11.8 Å². The van der Waals surface area contributed by atoms with E-state index in [0.717, 1.165) is 6.42 Å². The van der Waals surface area contributed by atoms with Crippen LogP contribution in [0.1, 0.15) is 60.3 Å². The molecule has 1 heterocycles. The smallest absolute Gasteiger partial charge is 0.0650 e. The summed E-state index contributed by atoms with van der Waals surface area (Å²) in [7, 11) is 2.25. The summed E-state index contributed by atoms with van der Waals surface area (Å²) in [5.74, 6) is 1.20. The summed E-state index contributed by atoms with van der Waals surface area (Å²) in [5.41, 5.74) is 0.100. The summed E-state index contributed by atoms with van der Waals surface area (Å²) in [4.78, 5) is 2.52. The molecular weight excluding hydrogens is 210 g/mol. The van der Waals surface area contributed by atoms with E-state index in [9.17, 15) is 5.11 Å². The first-order chi connectivity index (χ1) is 7.56. The lowest BCUT2D eigenvalue weighted by Gasteiger charge is -2.58. The van der Waals surface area contributed by atoms with Crippen molar-refractivity contribution in [2.45, 2.75) is 77.0 Å². The van der Waals surface area contributed by atoms with Crippen LogP contribution in [0.15, 0.2) is 0 Å². The van der Waals surface area contributed by atoms with Gasteiger partial charge in [0.2, 0.25) is 0 Å². The molecule has 0 aromatic rings. The molecule has 2 rings (SSSR count). The molecule has 2 unspecified atom stereocenters. The van der Waals surface area contributed by atoms with Crippen LogP contribution in [-0.2, 0) is 0 Å². The summed E-state index contributed by atoms with van der Waals surface area (Å²) < 4.78 is 0. The Hall–Kier alpha value is -0.0800. The Labute approximate surface area is 106 Å². The maximum atomic E-state index is 10.3. The average molecular weight is 239 g/mol. The van der Waals surface area contributed by atoms with Crippen molar-refractivity contribution < 1.29 is 5.11 Å². The average Bonchev–Trinajstić information content (AvgIpc) is 2.11. The molecule has 0 bridgehead atoms. The van der Waals surface area contributed by atoms with Crippen molar-refractivity contribution in [3.63, 3.8) is 0 Å². The summed E-state index contributed by atoms with van der Waals surface area (Å²) >= 11 is 0. The van der Waals surface area contributed by atoms with E-state index in [0.29, 0.717) is 11.8 Å². The highest BCUT2D eigenvalue weighted by molar-refractivity contribution is 5.05. The van der Waals surface area contributed by atoms with Crippen molar-refractivity contribution in [2.24, 2.45) is 11.8 Å². The number of hydrogen-bond donors (Lipinski definition) is 1. The molecule has 2 aliphatic rings. The van der Waals surface area contributed by atoms with Crippen LogP contribution in [0.2, 0.25) is 0 Å². The molecule has 2 fully saturated rings. The van der Waals surface area contributed by atoms with Gasteiger partial charge >= 0.3 is 0 Å². The maximum Gasteiger partial charge on any atom is 0.0650 e. The van der Waals surface area contributed by atoms with Gasteiger partial charge in [-0.2, -0.15) is 0 Å². The monoisotopic (exact) mass is 239 g/mol. The fourth-order valence-electron chi connectivity index (χ4n) is 4.21. The van der Waals surface area contributed by atoms with Gasteiger partial charge in [-0.1, -0.05) is 0 Å². The van der Waals surface area contributed by atoms with Crippen molar-refractivity contribution in [1.82, 2.24) is 4.90 Å². The first kappa shape index (κ1) is 13.4. The minimum atomic E-state index is -0.396. The third-order valence-corrected chi connectivity index (χ3v) is 5.67. The molecule has 0 amide bonds. The van der Waals surface area contributed by atoms with E-state index in [1.54, 1.807) is 0 Å². The Morgan fingerprint density at radius 3 is 1.76 bits per heavy atom. The lowest BCUT2D eigenvalue weighted by molar-refractivity contribution is -0.139. The Bertz CT molecular complexity index is 288. The van der Waals surface area contributed by atoms with Gasteiger partial charge in [-0.15, -0.1) is 0 Å². The fourth-order valence-corrected chi connectivity index (χ4v) is 4.21. The highest BCUT2D eigenvalue weighted by atomic mass is 16.3. The number of nitrogens with zero attached hydrogens (tertiary/aromatic N) is 1. The topological polar surface area (TPSA) is 23.5 Å². The third kappa shape index (κ3) is 2.15. The van der Waals surface area contributed by atoms with Gasteiger partial charge in [0.25, 0.3) is 0 Å². The molecule has 2 heteroatoms. The number of rotatable bonds is 1. The van der Waals surface area contributed by atoms with Crippen molar-refractivity contribution >= 4 is 0 Å². The zero-order valence-corrected chi connectivity index (χ0v) is 12.4. The van der Waals surface area contributed by atoms with Crippen LogP contribution < -0.4 is 0 Å². The lowest BCUT2D eigenvalue weighted by Crippen LogP contribution is -2.62.